The van der Waals surface area contributed by atoms with Gasteiger partial charge in [0.05, 0.1) is 19.2 Å². The molecule has 1 heterocycles. The van der Waals surface area contributed by atoms with Gasteiger partial charge in [-0.05, 0) is 42.8 Å². The summed E-state index contributed by atoms with van der Waals surface area (Å²) >= 11 is 3.25. The van der Waals surface area contributed by atoms with E-state index in [1.807, 2.05) is 60.8 Å². The van der Waals surface area contributed by atoms with E-state index in [1.165, 1.54) is 11.3 Å². The Hall–Kier alpha value is -2.31. The minimum absolute atomic E-state index is 0.0389. The lowest BCUT2D eigenvalue weighted by atomic mass is 10.2. The molecule has 2 aromatic carbocycles. The first-order chi connectivity index (χ1) is 12.6. The molecule has 1 aromatic heterocycles. The molecule has 3 rings (SSSR count). The monoisotopic (exact) mass is 384 g/mol. The normalized spacial score (nSPS) is 10.5. The Bertz CT molecular complexity index is 876. The van der Waals surface area contributed by atoms with Gasteiger partial charge in [0, 0.05) is 21.7 Å². The Kier molecular flexibility index (Phi) is 6.30. The number of carbonyl (C=O) groups excluding carboxylic acids is 1. The maximum atomic E-state index is 12.2. The van der Waals surface area contributed by atoms with Crippen molar-refractivity contribution in [2.45, 2.75) is 24.0 Å². The fraction of sp³-hybridized carbons (Fsp3) is 0.200. The quantitative estimate of drug-likeness (QED) is 0.587. The standard InChI is InChI=1S/C20H20N2O2S2/c1-14-5-3-4-6-18(14)22-19(23)11-20-21-15(13-26-20)12-25-17-9-7-16(24-2)8-10-17/h3-10,13H,11-12H2,1-2H3,(H,22,23). The smallest absolute Gasteiger partial charge is 0.231 e. The topological polar surface area (TPSA) is 51.2 Å². The number of thioether (sulfide) groups is 1. The molecule has 0 saturated heterocycles. The van der Waals surface area contributed by atoms with Crippen LogP contribution in [0.2, 0.25) is 0 Å². The minimum Gasteiger partial charge on any atom is -0.497 e. The number of rotatable bonds is 7. The highest BCUT2D eigenvalue weighted by atomic mass is 32.2. The molecule has 0 spiro atoms. The van der Waals surface area contributed by atoms with Crippen LogP contribution in [-0.2, 0) is 17.0 Å². The highest BCUT2D eigenvalue weighted by Gasteiger charge is 2.10. The van der Waals surface area contributed by atoms with E-state index in [-0.39, 0.29) is 5.91 Å². The number of thiazole rings is 1. The van der Waals surface area contributed by atoms with Gasteiger partial charge >= 0.3 is 0 Å². The molecule has 0 saturated carbocycles. The molecule has 0 radical (unpaired) electrons. The van der Waals surface area contributed by atoms with Gasteiger partial charge in [0.1, 0.15) is 10.8 Å². The summed E-state index contributed by atoms with van der Waals surface area (Å²) in [5, 5.41) is 5.80. The second-order valence-corrected chi connectivity index (χ2v) is 7.73. The van der Waals surface area contributed by atoms with Crippen molar-refractivity contribution < 1.29 is 9.53 Å². The minimum atomic E-state index is -0.0389. The molecule has 0 fully saturated rings. The number of nitrogens with one attached hydrogen (secondary N) is 1. The zero-order valence-electron chi connectivity index (χ0n) is 14.7. The number of nitrogens with zero attached hydrogens (tertiary/aromatic N) is 1. The van der Waals surface area contributed by atoms with Crippen LogP contribution in [0.1, 0.15) is 16.3 Å². The second kappa shape index (κ2) is 8.87. The fourth-order valence-corrected chi connectivity index (χ4v) is 4.06. The average molecular weight is 385 g/mol. The van der Waals surface area contributed by atoms with Crippen LogP contribution >= 0.6 is 23.1 Å². The van der Waals surface area contributed by atoms with E-state index in [9.17, 15) is 4.79 Å². The highest BCUT2D eigenvalue weighted by Crippen LogP contribution is 2.25. The summed E-state index contributed by atoms with van der Waals surface area (Å²) in [6, 6.07) is 15.7. The number of benzene rings is 2. The van der Waals surface area contributed by atoms with E-state index >= 15 is 0 Å². The van der Waals surface area contributed by atoms with Gasteiger partial charge in [-0.1, -0.05) is 18.2 Å². The van der Waals surface area contributed by atoms with Crippen molar-refractivity contribution in [3.63, 3.8) is 0 Å². The first-order valence-corrected chi connectivity index (χ1v) is 10.1. The van der Waals surface area contributed by atoms with E-state index in [0.717, 1.165) is 38.4 Å². The summed E-state index contributed by atoms with van der Waals surface area (Å²) in [6.07, 6.45) is 0.298. The molecule has 0 unspecified atom stereocenters. The van der Waals surface area contributed by atoms with Crippen molar-refractivity contribution in [1.29, 1.82) is 0 Å². The molecule has 0 aliphatic rings. The van der Waals surface area contributed by atoms with Crippen LogP contribution in [0.15, 0.2) is 58.8 Å². The number of carbonyl (C=O) groups is 1. The third-order valence-corrected chi connectivity index (χ3v) is 5.72. The molecule has 0 aliphatic heterocycles. The van der Waals surface area contributed by atoms with E-state index in [2.05, 4.69) is 10.3 Å². The van der Waals surface area contributed by atoms with Crippen molar-refractivity contribution in [2.75, 3.05) is 12.4 Å². The number of aryl methyl sites for hydroxylation is 1. The number of ether oxygens (including phenoxy) is 1. The number of hydrogen-bond acceptors (Lipinski definition) is 5. The molecule has 26 heavy (non-hydrogen) atoms. The second-order valence-electron chi connectivity index (χ2n) is 5.74. The van der Waals surface area contributed by atoms with Gasteiger partial charge in [-0.25, -0.2) is 4.98 Å². The summed E-state index contributed by atoms with van der Waals surface area (Å²) < 4.78 is 5.16. The maximum Gasteiger partial charge on any atom is 0.231 e. The third-order valence-electron chi connectivity index (χ3n) is 3.78. The number of hydrogen-bond donors (Lipinski definition) is 1. The van der Waals surface area contributed by atoms with Crippen LogP contribution in [0, 0.1) is 6.92 Å². The van der Waals surface area contributed by atoms with Crippen LogP contribution in [0.3, 0.4) is 0 Å². The average Bonchev–Trinajstić information content (AvgIpc) is 3.09. The lowest BCUT2D eigenvalue weighted by molar-refractivity contribution is -0.115. The molecule has 1 N–H and O–H groups in total. The maximum absolute atomic E-state index is 12.2. The Labute approximate surface area is 161 Å². The lowest BCUT2D eigenvalue weighted by Crippen LogP contribution is -2.15. The van der Waals surface area contributed by atoms with Gasteiger partial charge in [0.25, 0.3) is 0 Å². The predicted octanol–water partition coefficient (Wildman–Crippen LogP) is 4.93. The molecule has 3 aromatic rings. The lowest BCUT2D eigenvalue weighted by Gasteiger charge is -2.06. The van der Waals surface area contributed by atoms with Gasteiger partial charge in [0.15, 0.2) is 0 Å². The molecular weight excluding hydrogens is 364 g/mol. The zero-order valence-corrected chi connectivity index (χ0v) is 16.3. The number of para-hydroxylation sites is 1. The molecule has 0 bridgehead atoms. The predicted molar refractivity (Wildman–Crippen MR) is 108 cm³/mol. The van der Waals surface area contributed by atoms with Crippen molar-refractivity contribution in [2.24, 2.45) is 0 Å². The molecule has 4 nitrogen and oxygen atoms in total. The Morgan fingerprint density at radius 2 is 1.96 bits per heavy atom. The molecule has 0 atom stereocenters. The van der Waals surface area contributed by atoms with Gasteiger partial charge in [-0.15, -0.1) is 23.1 Å². The zero-order chi connectivity index (χ0) is 18.4. The highest BCUT2D eigenvalue weighted by molar-refractivity contribution is 7.98. The molecule has 1 amide bonds. The summed E-state index contributed by atoms with van der Waals surface area (Å²) in [4.78, 5) is 18.0. The molecular formula is C20H20N2O2S2. The molecule has 6 heteroatoms. The number of amides is 1. The Balaban J connectivity index is 1.52. The Morgan fingerprint density at radius 3 is 2.69 bits per heavy atom. The molecule has 134 valence electrons. The van der Waals surface area contributed by atoms with Crippen LogP contribution in [-0.4, -0.2) is 18.0 Å². The van der Waals surface area contributed by atoms with Crippen LogP contribution in [0.5, 0.6) is 5.75 Å². The summed E-state index contributed by atoms with van der Waals surface area (Å²) in [5.41, 5.74) is 2.90. The van der Waals surface area contributed by atoms with E-state index in [1.54, 1.807) is 18.9 Å². The SMILES string of the molecule is COc1ccc(SCc2csc(CC(=O)Nc3ccccc3C)n2)cc1. The van der Waals surface area contributed by atoms with Crippen molar-refractivity contribution in [3.8, 4) is 5.75 Å². The summed E-state index contributed by atoms with van der Waals surface area (Å²) in [6.45, 7) is 1.98. The van der Waals surface area contributed by atoms with Crippen molar-refractivity contribution in [1.82, 2.24) is 4.98 Å². The van der Waals surface area contributed by atoms with Crippen molar-refractivity contribution in [3.05, 3.63) is 70.2 Å². The largest absolute Gasteiger partial charge is 0.497 e. The first kappa shape index (κ1) is 18.5. The van der Waals surface area contributed by atoms with Crippen molar-refractivity contribution >= 4 is 34.7 Å². The summed E-state index contributed by atoms with van der Waals surface area (Å²) in [7, 11) is 1.66. The Morgan fingerprint density at radius 1 is 1.19 bits per heavy atom. The molecule has 0 aliphatic carbocycles. The van der Waals surface area contributed by atoms with Gasteiger partial charge in [0.2, 0.25) is 5.91 Å². The van der Waals surface area contributed by atoms with Crippen LogP contribution < -0.4 is 10.1 Å². The number of aromatic nitrogens is 1. The first-order valence-electron chi connectivity index (χ1n) is 8.19. The van der Waals surface area contributed by atoms with Gasteiger partial charge in [-0.2, -0.15) is 0 Å². The van der Waals surface area contributed by atoms with Crippen LogP contribution in [0.4, 0.5) is 5.69 Å². The van der Waals surface area contributed by atoms with Gasteiger partial charge in [-0.3, -0.25) is 4.79 Å². The number of methoxy groups -OCH3 is 1. The van der Waals surface area contributed by atoms with E-state index in [0.29, 0.717) is 6.42 Å². The van der Waals surface area contributed by atoms with E-state index < -0.39 is 0 Å². The number of anilines is 1. The third kappa shape index (κ3) is 5.09. The van der Waals surface area contributed by atoms with E-state index in [4.69, 9.17) is 4.74 Å². The van der Waals surface area contributed by atoms with Gasteiger partial charge < -0.3 is 10.1 Å². The fourth-order valence-electron chi connectivity index (χ4n) is 2.37. The van der Waals surface area contributed by atoms with Crippen LogP contribution in [0.25, 0.3) is 0 Å². The summed E-state index contributed by atoms with van der Waals surface area (Å²) in [5.74, 6) is 1.59.